The van der Waals surface area contributed by atoms with Crippen molar-refractivity contribution in [2.45, 2.75) is 44.6 Å². The van der Waals surface area contributed by atoms with Gasteiger partial charge in [0.15, 0.2) is 0 Å². The average molecular weight is 405 g/mol. The summed E-state index contributed by atoms with van der Waals surface area (Å²) in [6.07, 6.45) is 10.9. The van der Waals surface area contributed by atoms with Gasteiger partial charge in [0, 0.05) is 54.6 Å². The lowest BCUT2D eigenvalue weighted by molar-refractivity contribution is -0.130. The number of carbonyl (C=O) groups excluding carboxylic acids is 2. The van der Waals surface area contributed by atoms with Crippen molar-refractivity contribution in [2.24, 2.45) is 13.0 Å². The number of fused-ring (bicyclic) bond motifs is 1. The highest BCUT2D eigenvalue weighted by molar-refractivity contribution is 5.98. The van der Waals surface area contributed by atoms with Gasteiger partial charge in [0.2, 0.25) is 11.8 Å². The first kappa shape index (κ1) is 20.1. The van der Waals surface area contributed by atoms with E-state index < -0.39 is 6.04 Å². The Morgan fingerprint density at radius 1 is 1.10 bits per heavy atom. The van der Waals surface area contributed by atoms with Gasteiger partial charge in [0.05, 0.1) is 0 Å². The zero-order valence-corrected chi connectivity index (χ0v) is 17.3. The number of aromatic nitrogens is 2. The highest BCUT2D eigenvalue weighted by Gasteiger charge is 2.27. The van der Waals surface area contributed by atoms with Crippen LogP contribution in [-0.2, 0) is 23.1 Å². The molecule has 1 saturated carbocycles. The smallest absolute Gasteiger partial charge is 0.247 e. The monoisotopic (exact) mass is 404 g/mol. The number of benzene rings is 1. The Kier molecular flexibility index (Phi) is 6.12. The first-order valence-corrected chi connectivity index (χ1v) is 10.7. The Morgan fingerprint density at radius 2 is 1.83 bits per heavy atom. The van der Waals surface area contributed by atoms with E-state index in [0.717, 1.165) is 42.1 Å². The third-order valence-corrected chi connectivity index (χ3v) is 5.96. The number of nitrogens with zero attached hydrogens (tertiary/aromatic N) is 2. The summed E-state index contributed by atoms with van der Waals surface area (Å²) in [6.45, 7) is 0. The summed E-state index contributed by atoms with van der Waals surface area (Å²) in [5, 5.41) is 7.08. The van der Waals surface area contributed by atoms with E-state index in [1.807, 2.05) is 25.4 Å². The summed E-state index contributed by atoms with van der Waals surface area (Å²) in [7, 11) is 2.00. The molecule has 156 valence electrons. The van der Waals surface area contributed by atoms with Crippen LogP contribution >= 0.6 is 0 Å². The zero-order valence-electron chi connectivity index (χ0n) is 17.3. The maximum Gasteiger partial charge on any atom is 0.247 e. The maximum atomic E-state index is 13.1. The van der Waals surface area contributed by atoms with Crippen LogP contribution in [0.25, 0.3) is 10.9 Å². The summed E-state index contributed by atoms with van der Waals surface area (Å²) in [6, 6.07) is 11.0. The first-order valence-electron chi connectivity index (χ1n) is 10.7. The number of amides is 2. The van der Waals surface area contributed by atoms with Crippen LogP contribution in [0.5, 0.6) is 0 Å². The van der Waals surface area contributed by atoms with E-state index in [4.69, 9.17) is 0 Å². The van der Waals surface area contributed by atoms with Gasteiger partial charge in [-0.3, -0.25) is 14.6 Å². The van der Waals surface area contributed by atoms with Crippen LogP contribution in [0.4, 0.5) is 5.69 Å². The average Bonchev–Trinajstić information content (AvgIpc) is 3.10. The van der Waals surface area contributed by atoms with Gasteiger partial charge < -0.3 is 15.2 Å². The third-order valence-electron chi connectivity index (χ3n) is 5.96. The number of rotatable bonds is 6. The van der Waals surface area contributed by atoms with Crippen molar-refractivity contribution in [3.63, 3.8) is 0 Å². The number of anilines is 1. The van der Waals surface area contributed by atoms with Crippen molar-refractivity contribution in [2.75, 3.05) is 5.32 Å². The van der Waals surface area contributed by atoms with Gasteiger partial charge in [-0.2, -0.15) is 0 Å². The largest absolute Gasteiger partial charge is 0.350 e. The lowest BCUT2D eigenvalue weighted by atomic mass is 9.88. The predicted molar refractivity (Wildman–Crippen MR) is 118 cm³/mol. The van der Waals surface area contributed by atoms with Gasteiger partial charge in [-0.1, -0.05) is 37.5 Å². The number of aryl methyl sites for hydroxylation is 1. The molecule has 0 unspecified atom stereocenters. The molecule has 1 aromatic carbocycles. The molecule has 6 heteroatoms. The Labute approximate surface area is 176 Å². The number of hydrogen-bond donors (Lipinski definition) is 2. The fourth-order valence-electron chi connectivity index (χ4n) is 4.34. The topological polar surface area (TPSA) is 76.0 Å². The fraction of sp³-hybridized carbons (Fsp3) is 0.375. The summed E-state index contributed by atoms with van der Waals surface area (Å²) in [5.41, 5.74) is 2.83. The Hall–Kier alpha value is -3.15. The van der Waals surface area contributed by atoms with E-state index in [1.165, 1.54) is 6.42 Å². The van der Waals surface area contributed by atoms with Gasteiger partial charge in [-0.25, -0.2) is 0 Å². The van der Waals surface area contributed by atoms with Crippen molar-refractivity contribution in [1.82, 2.24) is 14.9 Å². The van der Waals surface area contributed by atoms with Crippen LogP contribution in [0, 0.1) is 5.92 Å². The highest BCUT2D eigenvalue weighted by atomic mass is 16.2. The van der Waals surface area contributed by atoms with Crippen LogP contribution in [0.15, 0.2) is 55.0 Å². The molecule has 1 aliphatic rings. The van der Waals surface area contributed by atoms with Gasteiger partial charge in [0.25, 0.3) is 0 Å². The molecule has 2 N–H and O–H groups in total. The number of nitrogens with one attached hydrogen (secondary N) is 2. The molecule has 0 bridgehead atoms. The minimum absolute atomic E-state index is 0.00231. The van der Waals surface area contributed by atoms with E-state index >= 15 is 0 Å². The van der Waals surface area contributed by atoms with E-state index in [9.17, 15) is 9.59 Å². The number of pyridine rings is 1. The van der Waals surface area contributed by atoms with Gasteiger partial charge in [-0.05, 0) is 36.6 Å². The van der Waals surface area contributed by atoms with Crippen LogP contribution in [0.1, 0.15) is 37.7 Å². The standard InChI is InChI=1S/C24H28N4O2/c1-28-16-18(20-9-5-6-10-22(20)28)15-21(24(30)26-19-11-13-25-14-12-19)27-23(29)17-7-3-2-4-8-17/h5-6,9-14,16-17,21H,2-4,7-8,15H2,1H3,(H,27,29)(H,25,26,30)/t21-/m0/s1. The van der Waals surface area contributed by atoms with Crippen LogP contribution < -0.4 is 10.6 Å². The lowest BCUT2D eigenvalue weighted by Gasteiger charge is -2.24. The molecule has 2 heterocycles. The maximum absolute atomic E-state index is 13.1. The van der Waals surface area contributed by atoms with Gasteiger partial charge >= 0.3 is 0 Å². The van der Waals surface area contributed by atoms with E-state index in [2.05, 4.69) is 32.3 Å². The third kappa shape index (κ3) is 4.53. The molecule has 1 atom stereocenters. The van der Waals surface area contributed by atoms with Crippen LogP contribution in [0.2, 0.25) is 0 Å². The lowest BCUT2D eigenvalue weighted by Crippen LogP contribution is -2.47. The fourth-order valence-corrected chi connectivity index (χ4v) is 4.34. The summed E-state index contributed by atoms with van der Waals surface area (Å²) < 4.78 is 2.06. The Morgan fingerprint density at radius 3 is 2.60 bits per heavy atom. The van der Waals surface area contributed by atoms with Crippen molar-refractivity contribution in [3.05, 3.63) is 60.6 Å². The molecular formula is C24H28N4O2. The highest BCUT2D eigenvalue weighted by Crippen LogP contribution is 2.25. The van der Waals surface area contributed by atoms with E-state index in [1.54, 1.807) is 24.5 Å². The molecule has 2 aromatic heterocycles. The normalized spacial score (nSPS) is 15.6. The van der Waals surface area contributed by atoms with Crippen molar-refractivity contribution in [3.8, 4) is 0 Å². The minimum Gasteiger partial charge on any atom is -0.350 e. The molecule has 6 nitrogen and oxygen atoms in total. The molecule has 0 spiro atoms. The van der Waals surface area contributed by atoms with Crippen molar-refractivity contribution in [1.29, 1.82) is 0 Å². The molecule has 30 heavy (non-hydrogen) atoms. The van der Waals surface area contributed by atoms with Crippen LogP contribution in [-0.4, -0.2) is 27.4 Å². The second-order valence-corrected chi connectivity index (χ2v) is 8.11. The van der Waals surface area contributed by atoms with E-state index in [0.29, 0.717) is 12.1 Å². The van der Waals surface area contributed by atoms with E-state index in [-0.39, 0.29) is 17.7 Å². The molecule has 2 amide bonds. The molecular weight excluding hydrogens is 376 g/mol. The Balaban J connectivity index is 1.57. The van der Waals surface area contributed by atoms with Gasteiger partial charge in [-0.15, -0.1) is 0 Å². The molecule has 3 aromatic rings. The number of hydrogen-bond acceptors (Lipinski definition) is 3. The quantitative estimate of drug-likeness (QED) is 0.656. The molecule has 1 aliphatic carbocycles. The molecule has 0 radical (unpaired) electrons. The minimum atomic E-state index is -0.640. The van der Waals surface area contributed by atoms with Crippen LogP contribution in [0.3, 0.4) is 0 Å². The SMILES string of the molecule is Cn1cc(C[C@H](NC(=O)C2CCCCC2)C(=O)Nc2ccncc2)c2ccccc21. The number of carbonyl (C=O) groups is 2. The predicted octanol–water partition coefficient (Wildman–Crippen LogP) is 3.82. The molecule has 1 fully saturated rings. The molecule has 0 saturated heterocycles. The summed E-state index contributed by atoms with van der Waals surface area (Å²) in [4.78, 5) is 30.0. The second kappa shape index (κ2) is 9.11. The first-order chi connectivity index (χ1) is 14.6. The van der Waals surface area contributed by atoms with Gasteiger partial charge in [0.1, 0.15) is 6.04 Å². The summed E-state index contributed by atoms with van der Waals surface area (Å²) in [5.74, 6) is -0.217. The zero-order chi connectivity index (χ0) is 20.9. The van der Waals surface area contributed by atoms with Crippen molar-refractivity contribution >= 4 is 28.4 Å². The second-order valence-electron chi connectivity index (χ2n) is 8.11. The Bertz CT molecular complexity index is 1020. The molecule has 4 rings (SSSR count). The number of para-hydroxylation sites is 1. The van der Waals surface area contributed by atoms with Crippen molar-refractivity contribution < 1.29 is 9.59 Å². The molecule has 0 aliphatic heterocycles. The summed E-state index contributed by atoms with van der Waals surface area (Å²) >= 11 is 0.